The highest BCUT2D eigenvalue weighted by atomic mass is 16.5. The van der Waals surface area contributed by atoms with E-state index >= 15 is 0 Å². The van der Waals surface area contributed by atoms with E-state index in [0.29, 0.717) is 24.6 Å². The topological polar surface area (TPSA) is 76.7 Å². The highest BCUT2D eigenvalue weighted by Gasteiger charge is 2.19. The van der Waals surface area contributed by atoms with Gasteiger partial charge >= 0.3 is 11.8 Å². The van der Waals surface area contributed by atoms with Gasteiger partial charge in [-0.3, -0.25) is 9.59 Å². The number of carbonyl (C=O) groups excluding carboxylic acids is 2. The first kappa shape index (κ1) is 14.3. The molecule has 1 aromatic rings. The summed E-state index contributed by atoms with van der Waals surface area (Å²) >= 11 is 0. The lowest BCUT2D eigenvalue weighted by Gasteiger charge is -2.12. The van der Waals surface area contributed by atoms with Crippen LogP contribution in [0.4, 0.5) is 5.69 Å². The molecule has 0 aromatic heterocycles. The van der Waals surface area contributed by atoms with Crippen LogP contribution < -0.4 is 15.4 Å². The second kappa shape index (κ2) is 6.91. The molecule has 2 rings (SSSR count). The van der Waals surface area contributed by atoms with Crippen molar-refractivity contribution < 1.29 is 19.1 Å². The lowest BCUT2D eigenvalue weighted by molar-refractivity contribution is -0.136. The zero-order chi connectivity index (χ0) is 14.4. The summed E-state index contributed by atoms with van der Waals surface area (Å²) in [5.41, 5.74) is 0.465. The monoisotopic (exact) mass is 278 g/mol. The summed E-state index contributed by atoms with van der Waals surface area (Å²) in [5.74, 6) is -0.883. The molecule has 6 heteroatoms. The molecule has 20 heavy (non-hydrogen) atoms. The molecule has 108 valence electrons. The highest BCUT2D eigenvalue weighted by molar-refractivity contribution is 6.39. The van der Waals surface area contributed by atoms with Gasteiger partial charge < -0.3 is 20.1 Å². The Morgan fingerprint density at radius 1 is 1.35 bits per heavy atom. The number of nitrogens with one attached hydrogen (secondary N) is 2. The minimum atomic E-state index is -0.715. The smallest absolute Gasteiger partial charge is 0.313 e. The lowest BCUT2D eigenvalue weighted by atomic mass is 10.2. The Labute approximate surface area is 117 Å². The number of hydrogen-bond donors (Lipinski definition) is 2. The minimum absolute atomic E-state index is 0.0120. The second-order valence-corrected chi connectivity index (χ2v) is 4.50. The summed E-state index contributed by atoms with van der Waals surface area (Å²) in [6, 6.07) is 6.92. The van der Waals surface area contributed by atoms with Crippen LogP contribution in [0.1, 0.15) is 12.8 Å². The van der Waals surface area contributed by atoms with Crippen molar-refractivity contribution in [2.75, 3.05) is 25.6 Å². The molecular formula is C14H18N2O4. The van der Waals surface area contributed by atoms with E-state index in [1.54, 1.807) is 24.3 Å². The summed E-state index contributed by atoms with van der Waals surface area (Å²) in [5, 5.41) is 5.09. The van der Waals surface area contributed by atoms with E-state index in [4.69, 9.17) is 9.47 Å². The van der Waals surface area contributed by atoms with Gasteiger partial charge in [-0.25, -0.2) is 0 Å². The maximum absolute atomic E-state index is 11.8. The molecular weight excluding hydrogens is 260 g/mol. The largest absolute Gasteiger partial charge is 0.495 e. The van der Waals surface area contributed by atoms with Gasteiger partial charge in [0.05, 0.1) is 18.9 Å². The van der Waals surface area contributed by atoms with Crippen molar-refractivity contribution in [2.24, 2.45) is 0 Å². The molecule has 0 radical (unpaired) electrons. The Morgan fingerprint density at radius 3 is 2.85 bits per heavy atom. The average molecular weight is 278 g/mol. The number of hydrogen-bond acceptors (Lipinski definition) is 4. The van der Waals surface area contributed by atoms with Crippen LogP contribution in [-0.4, -0.2) is 38.2 Å². The molecule has 1 aliphatic rings. The molecule has 1 fully saturated rings. The second-order valence-electron chi connectivity index (χ2n) is 4.50. The quantitative estimate of drug-likeness (QED) is 0.803. The standard InChI is InChI=1S/C14H18N2O4/c1-19-12-7-3-2-6-11(12)16-14(18)13(17)15-9-10-5-4-8-20-10/h2-3,6-7,10H,4-5,8-9H2,1H3,(H,15,17)(H,16,18). The fourth-order valence-corrected chi connectivity index (χ4v) is 2.02. The normalized spacial score (nSPS) is 17.6. The van der Waals surface area contributed by atoms with Crippen molar-refractivity contribution in [1.29, 1.82) is 0 Å². The van der Waals surface area contributed by atoms with E-state index in [1.807, 2.05) is 0 Å². The van der Waals surface area contributed by atoms with Gasteiger partial charge in [0.1, 0.15) is 5.75 Å². The maximum atomic E-state index is 11.8. The molecule has 0 aliphatic carbocycles. The van der Waals surface area contributed by atoms with Crippen LogP contribution in [0.15, 0.2) is 24.3 Å². The Hall–Kier alpha value is -2.08. The van der Waals surface area contributed by atoms with Crippen LogP contribution in [0.25, 0.3) is 0 Å². The molecule has 1 heterocycles. The van der Waals surface area contributed by atoms with Gasteiger partial charge in [-0.05, 0) is 25.0 Å². The first-order valence-electron chi connectivity index (χ1n) is 6.54. The van der Waals surface area contributed by atoms with Crippen LogP contribution in [0, 0.1) is 0 Å². The molecule has 0 bridgehead atoms. The zero-order valence-corrected chi connectivity index (χ0v) is 11.3. The zero-order valence-electron chi connectivity index (χ0n) is 11.3. The number of anilines is 1. The molecule has 2 amide bonds. The van der Waals surface area contributed by atoms with E-state index in [0.717, 1.165) is 12.8 Å². The first-order valence-corrected chi connectivity index (χ1v) is 6.54. The Balaban J connectivity index is 1.85. The lowest BCUT2D eigenvalue weighted by Crippen LogP contribution is -2.39. The maximum Gasteiger partial charge on any atom is 0.313 e. The van der Waals surface area contributed by atoms with Gasteiger partial charge in [0.15, 0.2) is 0 Å². The van der Waals surface area contributed by atoms with Gasteiger partial charge in [-0.2, -0.15) is 0 Å². The van der Waals surface area contributed by atoms with Crippen molar-refractivity contribution in [2.45, 2.75) is 18.9 Å². The molecule has 2 N–H and O–H groups in total. The predicted molar refractivity (Wildman–Crippen MR) is 73.6 cm³/mol. The Kier molecular flexibility index (Phi) is 4.95. The number of para-hydroxylation sites is 2. The first-order chi connectivity index (χ1) is 9.70. The molecule has 0 spiro atoms. The SMILES string of the molecule is COc1ccccc1NC(=O)C(=O)NCC1CCCO1. The van der Waals surface area contributed by atoms with Crippen molar-refractivity contribution in [3.05, 3.63) is 24.3 Å². The molecule has 1 saturated heterocycles. The number of amides is 2. The number of methoxy groups -OCH3 is 1. The van der Waals surface area contributed by atoms with E-state index in [1.165, 1.54) is 7.11 Å². The van der Waals surface area contributed by atoms with E-state index in [-0.39, 0.29) is 6.10 Å². The van der Waals surface area contributed by atoms with Crippen LogP contribution in [0.2, 0.25) is 0 Å². The average Bonchev–Trinajstić information content (AvgIpc) is 2.98. The number of benzene rings is 1. The van der Waals surface area contributed by atoms with Crippen LogP contribution in [0.5, 0.6) is 5.75 Å². The van der Waals surface area contributed by atoms with Gasteiger partial charge in [0.25, 0.3) is 0 Å². The third-order valence-electron chi connectivity index (χ3n) is 3.08. The third kappa shape index (κ3) is 3.71. The van der Waals surface area contributed by atoms with Crippen LogP contribution >= 0.6 is 0 Å². The number of ether oxygens (including phenoxy) is 2. The van der Waals surface area contributed by atoms with E-state index in [9.17, 15) is 9.59 Å². The van der Waals surface area contributed by atoms with E-state index < -0.39 is 11.8 Å². The van der Waals surface area contributed by atoms with Crippen LogP contribution in [-0.2, 0) is 14.3 Å². The fraction of sp³-hybridized carbons (Fsp3) is 0.429. The van der Waals surface area contributed by atoms with Crippen molar-refractivity contribution in [3.63, 3.8) is 0 Å². The highest BCUT2D eigenvalue weighted by Crippen LogP contribution is 2.22. The van der Waals surface area contributed by atoms with Crippen molar-refractivity contribution in [3.8, 4) is 5.75 Å². The molecule has 1 aliphatic heterocycles. The van der Waals surface area contributed by atoms with Crippen molar-refractivity contribution in [1.82, 2.24) is 5.32 Å². The van der Waals surface area contributed by atoms with Gasteiger partial charge in [-0.15, -0.1) is 0 Å². The predicted octanol–water partition coefficient (Wildman–Crippen LogP) is 0.929. The number of carbonyl (C=O) groups is 2. The fourth-order valence-electron chi connectivity index (χ4n) is 2.02. The third-order valence-corrected chi connectivity index (χ3v) is 3.08. The Morgan fingerprint density at radius 2 is 2.15 bits per heavy atom. The van der Waals surface area contributed by atoms with Crippen LogP contribution in [0.3, 0.4) is 0 Å². The van der Waals surface area contributed by atoms with Gasteiger partial charge in [-0.1, -0.05) is 12.1 Å². The number of rotatable bonds is 4. The summed E-state index contributed by atoms with van der Waals surface area (Å²) in [7, 11) is 1.50. The summed E-state index contributed by atoms with van der Waals surface area (Å²) in [6.07, 6.45) is 1.92. The molecule has 1 atom stereocenters. The Bertz CT molecular complexity index is 484. The molecule has 6 nitrogen and oxygen atoms in total. The summed E-state index contributed by atoms with van der Waals surface area (Å²) in [6.45, 7) is 1.08. The minimum Gasteiger partial charge on any atom is -0.495 e. The summed E-state index contributed by atoms with van der Waals surface area (Å²) < 4.78 is 10.5. The molecule has 1 aromatic carbocycles. The van der Waals surface area contributed by atoms with Gasteiger partial charge in [0, 0.05) is 13.2 Å². The van der Waals surface area contributed by atoms with Crippen molar-refractivity contribution >= 4 is 17.5 Å². The molecule has 0 saturated carbocycles. The summed E-state index contributed by atoms with van der Waals surface area (Å²) in [4.78, 5) is 23.5. The van der Waals surface area contributed by atoms with Gasteiger partial charge in [0.2, 0.25) is 0 Å². The van der Waals surface area contributed by atoms with E-state index in [2.05, 4.69) is 10.6 Å². The molecule has 1 unspecified atom stereocenters.